The minimum absolute atomic E-state index is 0. The summed E-state index contributed by atoms with van der Waals surface area (Å²) in [6, 6.07) is 0. The van der Waals surface area contributed by atoms with Gasteiger partial charge in [0.05, 0.1) is 0 Å². The molecule has 0 spiro atoms. The number of rotatable bonds is 0. The average molecular weight is 108 g/mol. The van der Waals surface area contributed by atoms with Crippen molar-refractivity contribution in [3.63, 3.8) is 0 Å². The van der Waals surface area contributed by atoms with Crippen LogP contribution in [0.25, 0.3) is 0 Å². The largest absolute Gasteiger partial charge is 1.00 e. The fourth-order valence-corrected chi connectivity index (χ4v) is 0.115. The van der Waals surface area contributed by atoms with Crippen LogP contribution in [0.2, 0.25) is 0 Å². The fraction of sp³-hybridized carbons (Fsp3) is 0. The second-order valence-electron chi connectivity index (χ2n) is 0.525. The van der Waals surface area contributed by atoms with Crippen molar-refractivity contribution < 1.29 is 51.4 Å². The Morgan fingerprint density at radius 1 is 1.50 bits per heavy atom. The van der Waals surface area contributed by atoms with Crippen LogP contribution < -0.4 is 56.5 Å². The maximum Gasteiger partial charge on any atom is 1.00 e. The molecule has 0 atom stereocenters. The molecule has 26 valence electrons. The molecule has 0 fully saturated rings. The normalized spacial score (nSPS) is 6.67. The predicted octanol–water partition coefficient (Wildman–Crippen LogP) is -4.17. The van der Waals surface area contributed by atoms with Crippen molar-refractivity contribution in [1.29, 1.82) is 0 Å². The zero-order valence-corrected chi connectivity index (χ0v) is 6.49. The number of hydrogen-bond donors (Lipinski definition) is 0. The maximum atomic E-state index is 3.25. The Morgan fingerprint density at radius 2 is 2.33 bits per heavy atom. The Kier molecular flexibility index (Phi) is 4.34. The summed E-state index contributed by atoms with van der Waals surface area (Å²) < 4.78 is 0. The van der Waals surface area contributed by atoms with Crippen molar-refractivity contribution in [3.05, 3.63) is 6.33 Å². The van der Waals surface area contributed by atoms with E-state index in [4.69, 9.17) is 0 Å². The first kappa shape index (κ1) is 6.71. The van der Waals surface area contributed by atoms with Gasteiger partial charge in [-0.2, -0.15) is 5.21 Å². The Balaban J connectivity index is 0.000000250. The molecule has 6 heavy (non-hydrogen) atoms. The minimum atomic E-state index is 0. The van der Waals surface area contributed by atoms with Crippen LogP contribution in [-0.4, -0.2) is 15.5 Å². The van der Waals surface area contributed by atoms with Crippen molar-refractivity contribution >= 4 is 0 Å². The van der Waals surface area contributed by atoms with Crippen LogP contribution in [0.4, 0.5) is 0 Å². The molecule has 1 heterocycles. The summed E-state index contributed by atoms with van der Waals surface area (Å²) in [5.41, 5.74) is 0. The standard InChI is InChI=1S/CHN4.K/c1-2-4-5-3-1;/h1H;/q-1;+1. The first-order valence-corrected chi connectivity index (χ1v) is 1.12. The van der Waals surface area contributed by atoms with Crippen LogP contribution in [0, 0.1) is 0 Å². The summed E-state index contributed by atoms with van der Waals surface area (Å²) in [7, 11) is 0. The second-order valence-corrected chi connectivity index (χ2v) is 0.525. The van der Waals surface area contributed by atoms with Gasteiger partial charge >= 0.3 is 51.4 Å². The topological polar surface area (TPSA) is 52.8 Å². The molecule has 1 aromatic heterocycles. The first-order chi connectivity index (χ1) is 2.50. The Hall–Kier alpha value is 0.706. The van der Waals surface area contributed by atoms with Crippen LogP contribution in [-0.2, 0) is 0 Å². The predicted molar refractivity (Wildman–Crippen MR) is 13.1 cm³/mol. The van der Waals surface area contributed by atoms with E-state index in [-0.39, 0.29) is 51.4 Å². The molecule has 0 radical (unpaired) electrons. The molecule has 0 amide bonds. The number of aromatic nitrogens is 4. The van der Waals surface area contributed by atoms with E-state index in [1.54, 1.807) is 0 Å². The SMILES string of the molecule is [K+].c1nnn[n-]1. The zero-order valence-electron chi connectivity index (χ0n) is 3.37. The van der Waals surface area contributed by atoms with Gasteiger partial charge < -0.3 is 5.10 Å². The van der Waals surface area contributed by atoms with E-state index in [2.05, 4.69) is 20.6 Å². The van der Waals surface area contributed by atoms with Gasteiger partial charge in [0.25, 0.3) is 0 Å². The van der Waals surface area contributed by atoms with Gasteiger partial charge in [-0.15, -0.1) is 0 Å². The van der Waals surface area contributed by atoms with E-state index in [0.717, 1.165) is 0 Å². The molecule has 0 saturated heterocycles. The molecule has 0 aliphatic rings. The van der Waals surface area contributed by atoms with Crippen LogP contribution >= 0.6 is 0 Å². The van der Waals surface area contributed by atoms with Gasteiger partial charge in [-0.3, -0.25) is 10.3 Å². The van der Waals surface area contributed by atoms with Crippen LogP contribution in [0.15, 0.2) is 6.33 Å². The smallest absolute Gasteiger partial charge is 0.339 e. The van der Waals surface area contributed by atoms with Crippen molar-refractivity contribution in [2.75, 3.05) is 0 Å². The van der Waals surface area contributed by atoms with E-state index in [0.29, 0.717) is 0 Å². The third-order valence-corrected chi connectivity index (χ3v) is 0.247. The van der Waals surface area contributed by atoms with Crippen molar-refractivity contribution in [3.8, 4) is 0 Å². The molecule has 0 saturated carbocycles. The summed E-state index contributed by atoms with van der Waals surface area (Å²) in [6.07, 6.45) is 1.28. The Labute approximate surface area is 77.1 Å². The summed E-state index contributed by atoms with van der Waals surface area (Å²) in [5.74, 6) is 0. The molecule has 0 bridgehead atoms. The molecule has 0 aliphatic carbocycles. The zero-order chi connectivity index (χ0) is 3.54. The van der Waals surface area contributed by atoms with E-state index in [1.807, 2.05) is 0 Å². The Bertz CT molecular complexity index is 64.0. The van der Waals surface area contributed by atoms with Gasteiger partial charge in [0.2, 0.25) is 0 Å². The molecular weight excluding hydrogens is 107 g/mol. The minimum Gasteiger partial charge on any atom is -0.339 e. The summed E-state index contributed by atoms with van der Waals surface area (Å²) in [6.45, 7) is 0. The van der Waals surface area contributed by atoms with E-state index in [9.17, 15) is 0 Å². The fourth-order valence-electron chi connectivity index (χ4n) is 0.115. The molecular formula is CHKN4. The maximum absolute atomic E-state index is 3.25. The third-order valence-electron chi connectivity index (χ3n) is 0.247. The van der Waals surface area contributed by atoms with Crippen LogP contribution in [0.3, 0.4) is 0 Å². The van der Waals surface area contributed by atoms with Gasteiger partial charge in [-0.05, 0) is 6.33 Å². The van der Waals surface area contributed by atoms with Crippen molar-refractivity contribution in [2.24, 2.45) is 0 Å². The van der Waals surface area contributed by atoms with Gasteiger partial charge in [0, 0.05) is 0 Å². The molecule has 1 aromatic rings. The monoisotopic (exact) mass is 108 g/mol. The van der Waals surface area contributed by atoms with Gasteiger partial charge in [-0.1, -0.05) is 0 Å². The summed E-state index contributed by atoms with van der Waals surface area (Å²) >= 11 is 0. The first-order valence-electron chi connectivity index (χ1n) is 1.12. The second kappa shape index (κ2) is 3.88. The van der Waals surface area contributed by atoms with Gasteiger partial charge in [-0.25, -0.2) is 0 Å². The van der Waals surface area contributed by atoms with E-state index in [1.165, 1.54) is 6.33 Å². The number of hydrogen-bond acceptors (Lipinski definition) is 3. The van der Waals surface area contributed by atoms with Crippen LogP contribution in [0.1, 0.15) is 0 Å². The summed E-state index contributed by atoms with van der Waals surface area (Å²) in [4.78, 5) is 0. The van der Waals surface area contributed by atoms with Gasteiger partial charge in [0.15, 0.2) is 0 Å². The van der Waals surface area contributed by atoms with Crippen molar-refractivity contribution in [2.45, 2.75) is 0 Å². The quantitative estimate of drug-likeness (QED) is 0.316. The molecule has 0 aliphatic heterocycles. The van der Waals surface area contributed by atoms with Crippen molar-refractivity contribution in [1.82, 2.24) is 20.6 Å². The molecule has 1 rings (SSSR count). The summed E-state index contributed by atoms with van der Waals surface area (Å²) in [5, 5.41) is 12.7. The van der Waals surface area contributed by atoms with E-state index < -0.39 is 0 Å². The molecule has 0 aromatic carbocycles. The average Bonchev–Trinajstić information content (AvgIpc) is 1.76. The molecule has 0 N–H and O–H groups in total. The van der Waals surface area contributed by atoms with E-state index >= 15 is 0 Å². The molecule has 4 nitrogen and oxygen atoms in total. The Morgan fingerprint density at radius 3 is 2.50 bits per heavy atom. The third kappa shape index (κ3) is 1.99. The number of nitrogens with zero attached hydrogens (tertiary/aromatic N) is 4. The number of tetrazole rings is 1. The molecule has 0 unspecified atom stereocenters. The molecule has 5 heteroatoms. The van der Waals surface area contributed by atoms with Crippen LogP contribution in [0.5, 0.6) is 0 Å². The van der Waals surface area contributed by atoms with Gasteiger partial charge in [0.1, 0.15) is 0 Å².